The standard InChI is InChI=1S/C22H18BrN3O3/c1-27-18-9-11(8-16(23)21(18)28-2)19-14-7-6-12-13(4-3-5-17(12)25)20(14)29-22(26)15(19)10-24/h3-9,15,19,26H,25H2,1-2H3. The van der Waals surface area contributed by atoms with Crippen molar-refractivity contribution in [3.8, 4) is 23.3 Å². The minimum atomic E-state index is -0.772. The molecule has 3 N–H and O–H groups in total. The van der Waals surface area contributed by atoms with E-state index in [1.54, 1.807) is 14.2 Å². The number of halogens is 1. The van der Waals surface area contributed by atoms with Crippen LogP contribution in [0.15, 0.2) is 46.9 Å². The van der Waals surface area contributed by atoms with E-state index in [2.05, 4.69) is 22.0 Å². The van der Waals surface area contributed by atoms with Crippen LogP contribution in [0.2, 0.25) is 0 Å². The zero-order chi connectivity index (χ0) is 20.7. The highest BCUT2D eigenvalue weighted by Crippen LogP contribution is 2.48. The van der Waals surface area contributed by atoms with Crippen molar-refractivity contribution < 1.29 is 14.2 Å². The van der Waals surface area contributed by atoms with Crippen LogP contribution in [0, 0.1) is 22.7 Å². The molecule has 1 aliphatic heterocycles. The van der Waals surface area contributed by atoms with Gasteiger partial charge in [0, 0.05) is 27.9 Å². The van der Waals surface area contributed by atoms with Crippen molar-refractivity contribution in [1.29, 1.82) is 10.7 Å². The lowest BCUT2D eigenvalue weighted by Crippen LogP contribution is -2.31. The van der Waals surface area contributed by atoms with Gasteiger partial charge in [-0.2, -0.15) is 5.26 Å². The maximum atomic E-state index is 9.81. The number of nitriles is 1. The molecule has 0 radical (unpaired) electrons. The van der Waals surface area contributed by atoms with Crippen LogP contribution in [0.5, 0.6) is 17.2 Å². The summed E-state index contributed by atoms with van der Waals surface area (Å²) in [6.45, 7) is 0. The number of anilines is 1. The van der Waals surface area contributed by atoms with Crippen LogP contribution < -0.4 is 19.9 Å². The highest BCUT2D eigenvalue weighted by molar-refractivity contribution is 9.10. The maximum Gasteiger partial charge on any atom is 0.205 e. The van der Waals surface area contributed by atoms with Crippen LogP contribution in [-0.2, 0) is 0 Å². The SMILES string of the molecule is COc1cc(C2c3ccc4c(N)cccc4c3OC(=N)C2C#N)cc(Br)c1OC. The van der Waals surface area contributed by atoms with Crippen molar-refractivity contribution in [2.75, 3.05) is 20.0 Å². The maximum absolute atomic E-state index is 9.81. The molecule has 0 saturated carbocycles. The van der Waals surface area contributed by atoms with Gasteiger partial charge in [0.05, 0.1) is 24.8 Å². The van der Waals surface area contributed by atoms with Crippen LogP contribution >= 0.6 is 15.9 Å². The molecule has 29 heavy (non-hydrogen) atoms. The van der Waals surface area contributed by atoms with Gasteiger partial charge in [-0.15, -0.1) is 0 Å². The average molecular weight is 452 g/mol. The van der Waals surface area contributed by atoms with E-state index in [4.69, 9.17) is 25.4 Å². The third-order valence-corrected chi connectivity index (χ3v) is 5.78. The van der Waals surface area contributed by atoms with Crippen molar-refractivity contribution in [3.63, 3.8) is 0 Å². The lowest BCUT2D eigenvalue weighted by molar-refractivity contribution is 0.352. The van der Waals surface area contributed by atoms with Gasteiger partial charge >= 0.3 is 0 Å². The molecular weight excluding hydrogens is 434 g/mol. The number of nitrogens with zero attached hydrogens (tertiary/aromatic N) is 1. The zero-order valence-corrected chi connectivity index (χ0v) is 17.4. The summed E-state index contributed by atoms with van der Waals surface area (Å²) < 4.78 is 17.4. The summed E-state index contributed by atoms with van der Waals surface area (Å²) >= 11 is 3.52. The topological polar surface area (TPSA) is 101 Å². The van der Waals surface area contributed by atoms with Crippen LogP contribution in [-0.4, -0.2) is 20.1 Å². The molecule has 7 heteroatoms. The van der Waals surface area contributed by atoms with E-state index in [-0.39, 0.29) is 5.90 Å². The highest BCUT2D eigenvalue weighted by atomic mass is 79.9. The predicted molar refractivity (Wildman–Crippen MR) is 115 cm³/mol. The minimum Gasteiger partial charge on any atom is -0.493 e. The summed E-state index contributed by atoms with van der Waals surface area (Å²) in [5.41, 5.74) is 8.39. The Labute approximate surface area is 176 Å². The fourth-order valence-electron chi connectivity index (χ4n) is 3.86. The molecule has 3 aromatic rings. The summed E-state index contributed by atoms with van der Waals surface area (Å²) in [5, 5.41) is 19.8. The summed E-state index contributed by atoms with van der Waals surface area (Å²) in [6, 6.07) is 15.4. The van der Waals surface area contributed by atoms with Crippen molar-refractivity contribution in [1.82, 2.24) is 0 Å². The Balaban J connectivity index is 2.00. The Morgan fingerprint density at radius 1 is 1.14 bits per heavy atom. The van der Waals surface area contributed by atoms with E-state index in [1.807, 2.05) is 42.5 Å². The van der Waals surface area contributed by atoms with Gasteiger partial charge in [0.25, 0.3) is 0 Å². The first-order valence-corrected chi connectivity index (χ1v) is 9.67. The van der Waals surface area contributed by atoms with Gasteiger partial charge in [0.2, 0.25) is 5.90 Å². The molecular formula is C22H18BrN3O3. The van der Waals surface area contributed by atoms with E-state index in [9.17, 15) is 5.26 Å². The minimum absolute atomic E-state index is 0.0918. The molecule has 0 aliphatic carbocycles. The second kappa shape index (κ2) is 7.30. The lowest BCUT2D eigenvalue weighted by atomic mass is 9.78. The summed E-state index contributed by atoms with van der Waals surface area (Å²) in [6.07, 6.45) is 0. The second-order valence-corrected chi connectivity index (χ2v) is 7.57. The summed E-state index contributed by atoms with van der Waals surface area (Å²) in [5.74, 6) is 0.397. The van der Waals surface area contributed by atoms with Gasteiger partial charge < -0.3 is 19.9 Å². The van der Waals surface area contributed by atoms with Crippen molar-refractivity contribution in [2.45, 2.75) is 5.92 Å². The van der Waals surface area contributed by atoms with E-state index in [0.717, 1.165) is 21.9 Å². The lowest BCUT2D eigenvalue weighted by Gasteiger charge is -2.31. The van der Waals surface area contributed by atoms with Crippen molar-refractivity contribution in [3.05, 3.63) is 58.1 Å². The van der Waals surface area contributed by atoms with Gasteiger partial charge in [0.1, 0.15) is 11.7 Å². The van der Waals surface area contributed by atoms with Crippen LogP contribution in [0.1, 0.15) is 17.0 Å². The largest absolute Gasteiger partial charge is 0.493 e. The molecule has 0 fully saturated rings. The fourth-order valence-corrected chi connectivity index (χ4v) is 4.48. The smallest absolute Gasteiger partial charge is 0.205 e. The van der Waals surface area contributed by atoms with E-state index in [1.165, 1.54) is 0 Å². The molecule has 1 heterocycles. The number of fused-ring (bicyclic) bond motifs is 3. The van der Waals surface area contributed by atoms with Crippen LogP contribution in [0.25, 0.3) is 10.8 Å². The second-order valence-electron chi connectivity index (χ2n) is 6.72. The van der Waals surface area contributed by atoms with Gasteiger partial charge in [-0.1, -0.05) is 24.3 Å². The first-order valence-electron chi connectivity index (χ1n) is 8.88. The molecule has 4 rings (SSSR count). The van der Waals surface area contributed by atoms with Gasteiger partial charge in [-0.3, -0.25) is 5.41 Å². The van der Waals surface area contributed by atoms with E-state index >= 15 is 0 Å². The van der Waals surface area contributed by atoms with Crippen LogP contribution in [0.4, 0.5) is 5.69 Å². The number of rotatable bonds is 3. The number of nitrogen functional groups attached to an aromatic ring is 1. The molecule has 146 valence electrons. The predicted octanol–water partition coefficient (Wildman–Crippen LogP) is 4.84. The van der Waals surface area contributed by atoms with Gasteiger partial charge in [0.15, 0.2) is 11.5 Å². The Bertz CT molecular complexity index is 1190. The Hall–Kier alpha value is -3.24. The Kier molecular flexibility index (Phi) is 4.81. The number of benzene rings is 3. The molecule has 0 aromatic heterocycles. The third-order valence-electron chi connectivity index (χ3n) is 5.19. The monoisotopic (exact) mass is 451 g/mol. The number of nitrogens with two attached hydrogens (primary N) is 1. The molecule has 0 amide bonds. The normalized spacial score (nSPS) is 17.9. The molecule has 1 aliphatic rings. The molecule has 0 bridgehead atoms. The molecule has 6 nitrogen and oxygen atoms in total. The first-order chi connectivity index (χ1) is 14.0. The molecule has 0 spiro atoms. The van der Waals surface area contributed by atoms with E-state index in [0.29, 0.717) is 27.4 Å². The number of nitrogens with one attached hydrogen (secondary N) is 1. The molecule has 0 saturated heterocycles. The number of hydrogen-bond acceptors (Lipinski definition) is 6. The van der Waals surface area contributed by atoms with Crippen molar-refractivity contribution in [2.24, 2.45) is 5.92 Å². The number of ether oxygens (including phenoxy) is 3. The molecule has 3 aromatic carbocycles. The first kappa shape index (κ1) is 19.1. The number of methoxy groups -OCH3 is 2. The van der Waals surface area contributed by atoms with Gasteiger partial charge in [-0.25, -0.2) is 0 Å². The molecule has 2 unspecified atom stereocenters. The highest BCUT2D eigenvalue weighted by Gasteiger charge is 2.38. The average Bonchev–Trinajstić information content (AvgIpc) is 2.72. The Morgan fingerprint density at radius 2 is 1.93 bits per heavy atom. The summed E-state index contributed by atoms with van der Waals surface area (Å²) in [7, 11) is 3.13. The van der Waals surface area contributed by atoms with Crippen LogP contribution in [0.3, 0.4) is 0 Å². The van der Waals surface area contributed by atoms with Crippen molar-refractivity contribution >= 4 is 38.3 Å². The molecule has 2 atom stereocenters. The van der Waals surface area contributed by atoms with Gasteiger partial charge in [-0.05, 0) is 39.7 Å². The summed E-state index contributed by atoms with van der Waals surface area (Å²) in [4.78, 5) is 0. The quantitative estimate of drug-likeness (QED) is 0.554. The number of hydrogen-bond donors (Lipinski definition) is 2. The zero-order valence-electron chi connectivity index (χ0n) is 15.8. The fraction of sp³-hybridized carbons (Fsp3) is 0.182. The van der Waals surface area contributed by atoms with E-state index < -0.39 is 11.8 Å². The third kappa shape index (κ3) is 2.97. The Morgan fingerprint density at radius 3 is 2.62 bits per heavy atom.